The predicted octanol–water partition coefficient (Wildman–Crippen LogP) is 3.63. The number of urea groups is 1. The molecule has 0 aliphatic rings. The Balaban J connectivity index is 1.65. The highest BCUT2D eigenvalue weighted by Crippen LogP contribution is 2.29. The number of nitrogens with zero attached hydrogens (tertiary/aromatic N) is 3. The van der Waals surface area contributed by atoms with E-state index in [0.29, 0.717) is 38.7 Å². The van der Waals surface area contributed by atoms with Crippen LogP contribution in [-0.4, -0.2) is 46.9 Å². The van der Waals surface area contributed by atoms with Crippen molar-refractivity contribution in [2.45, 2.75) is 52.5 Å². The van der Waals surface area contributed by atoms with E-state index in [9.17, 15) is 4.79 Å². The smallest absolute Gasteiger partial charge is 0.314 e. The third-order valence-electron chi connectivity index (χ3n) is 5.25. The number of hydrogen-bond donors (Lipinski definition) is 3. The highest BCUT2D eigenvalue weighted by molar-refractivity contribution is 6.06. The number of aryl methyl sites for hydroxylation is 1. The molecule has 4 N–H and O–H groups in total. The molecule has 0 spiro atoms. The van der Waals surface area contributed by atoms with E-state index in [4.69, 9.17) is 15.5 Å². The standard InChI is InChI=1S/C23H34N6O2/c1-3-5-11-19-28-20-21(17-9-7-8-10-18(17)27-22(20)24)29(19)14-16-31-15-13-26-23(30)25-12-6-4-2/h7-10H,3-6,11-16H2,1-2H3,(H2,24,27)(H2,25,26,30). The van der Waals surface area contributed by atoms with Gasteiger partial charge in [0.1, 0.15) is 11.3 Å². The maximum atomic E-state index is 11.7. The average molecular weight is 427 g/mol. The number of nitrogens with one attached hydrogen (secondary N) is 2. The summed E-state index contributed by atoms with van der Waals surface area (Å²) in [5.74, 6) is 1.48. The van der Waals surface area contributed by atoms with Gasteiger partial charge in [0.15, 0.2) is 5.82 Å². The molecule has 0 aliphatic carbocycles. The topological polar surface area (TPSA) is 107 Å². The summed E-state index contributed by atoms with van der Waals surface area (Å²) in [6, 6.07) is 7.87. The van der Waals surface area contributed by atoms with E-state index >= 15 is 0 Å². The molecule has 0 bridgehead atoms. The maximum Gasteiger partial charge on any atom is 0.314 e. The Hall–Kier alpha value is -2.87. The number of amides is 2. The molecule has 168 valence electrons. The summed E-state index contributed by atoms with van der Waals surface area (Å²) >= 11 is 0. The molecule has 3 rings (SSSR count). The lowest BCUT2D eigenvalue weighted by molar-refractivity contribution is 0.129. The van der Waals surface area contributed by atoms with Gasteiger partial charge in [0.25, 0.3) is 0 Å². The van der Waals surface area contributed by atoms with Crippen LogP contribution in [0.3, 0.4) is 0 Å². The number of nitrogens with two attached hydrogens (primary N) is 1. The van der Waals surface area contributed by atoms with Crippen LogP contribution in [-0.2, 0) is 17.7 Å². The summed E-state index contributed by atoms with van der Waals surface area (Å²) in [7, 11) is 0. The molecule has 0 atom stereocenters. The van der Waals surface area contributed by atoms with Crippen LogP contribution in [0.1, 0.15) is 45.4 Å². The summed E-state index contributed by atoms with van der Waals surface area (Å²) < 4.78 is 8.01. The molecule has 0 radical (unpaired) electrons. The van der Waals surface area contributed by atoms with Crippen LogP contribution in [0.2, 0.25) is 0 Å². The number of hydrogen-bond acceptors (Lipinski definition) is 5. The van der Waals surface area contributed by atoms with Crippen LogP contribution in [0.15, 0.2) is 24.3 Å². The molecule has 0 saturated carbocycles. The Labute approximate surface area is 183 Å². The van der Waals surface area contributed by atoms with E-state index in [2.05, 4.69) is 40.1 Å². The van der Waals surface area contributed by atoms with Gasteiger partial charge in [-0.15, -0.1) is 0 Å². The van der Waals surface area contributed by atoms with Crippen molar-refractivity contribution in [1.82, 2.24) is 25.2 Å². The summed E-state index contributed by atoms with van der Waals surface area (Å²) in [5, 5.41) is 6.70. The Kier molecular flexibility index (Phi) is 8.46. The first kappa shape index (κ1) is 22.8. The van der Waals surface area contributed by atoms with Crippen molar-refractivity contribution in [1.29, 1.82) is 0 Å². The highest BCUT2D eigenvalue weighted by Gasteiger charge is 2.16. The third kappa shape index (κ3) is 5.85. The Morgan fingerprint density at radius 3 is 2.65 bits per heavy atom. The molecular weight excluding hydrogens is 392 g/mol. The van der Waals surface area contributed by atoms with Gasteiger partial charge in [-0.2, -0.15) is 0 Å². The second-order valence-corrected chi connectivity index (χ2v) is 7.64. The van der Waals surface area contributed by atoms with Crippen molar-refractivity contribution in [3.8, 4) is 0 Å². The number of aromatic nitrogens is 3. The predicted molar refractivity (Wildman–Crippen MR) is 125 cm³/mol. The van der Waals surface area contributed by atoms with Gasteiger partial charge < -0.3 is 25.7 Å². The minimum Gasteiger partial charge on any atom is -0.382 e. The Morgan fingerprint density at radius 1 is 1.06 bits per heavy atom. The van der Waals surface area contributed by atoms with Crippen molar-refractivity contribution >= 4 is 33.8 Å². The molecule has 0 aliphatic heterocycles. The van der Waals surface area contributed by atoms with Gasteiger partial charge >= 0.3 is 6.03 Å². The zero-order chi connectivity index (χ0) is 22.1. The van der Waals surface area contributed by atoms with Crippen LogP contribution in [0.25, 0.3) is 21.9 Å². The number of nitrogen functional groups attached to an aromatic ring is 1. The number of ether oxygens (including phenoxy) is 1. The van der Waals surface area contributed by atoms with Gasteiger partial charge in [0.2, 0.25) is 0 Å². The van der Waals surface area contributed by atoms with Crippen molar-refractivity contribution < 1.29 is 9.53 Å². The fourth-order valence-electron chi connectivity index (χ4n) is 3.61. The van der Waals surface area contributed by atoms with Crippen molar-refractivity contribution in [2.24, 2.45) is 0 Å². The van der Waals surface area contributed by atoms with Crippen LogP contribution >= 0.6 is 0 Å². The number of benzene rings is 1. The molecule has 0 fully saturated rings. The first-order valence-corrected chi connectivity index (χ1v) is 11.3. The number of anilines is 1. The molecule has 1 aromatic carbocycles. The first-order chi connectivity index (χ1) is 15.2. The lowest BCUT2D eigenvalue weighted by Gasteiger charge is -2.12. The summed E-state index contributed by atoms with van der Waals surface area (Å²) in [4.78, 5) is 21.0. The van der Waals surface area contributed by atoms with Gasteiger partial charge in [-0.25, -0.2) is 14.8 Å². The molecule has 3 aromatic rings. The first-order valence-electron chi connectivity index (χ1n) is 11.3. The van der Waals surface area contributed by atoms with E-state index in [1.807, 2.05) is 18.2 Å². The van der Waals surface area contributed by atoms with Crippen molar-refractivity contribution in [2.75, 3.05) is 32.0 Å². The van der Waals surface area contributed by atoms with E-state index < -0.39 is 0 Å². The van der Waals surface area contributed by atoms with Gasteiger partial charge in [-0.3, -0.25) is 0 Å². The van der Waals surface area contributed by atoms with Crippen LogP contribution < -0.4 is 16.4 Å². The minimum atomic E-state index is -0.144. The number of rotatable bonds is 12. The number of unbranched alkanes of at least 4 members (excludes halogenated alkanes) is 2. The van der Waals surface area contributed by atoms with Gasteiger partial charge in [0.05, 0.1) is 24.2 Å². The fraction of sp³-hybridized carbons (Fsp3) is 0.522. The van der Waals surface area contributed by atoms with Gasteiger partial charge in [-0.05, 0) is 18.9 Å². The number of fused-ring (bicyclic) bond motifs is 3. The second kappa shape index (κ2) is 11.5. The Bertz CT molecular complexity index is 1000. The number of carbonyl (C=O) groups excluding carboxylic acids is 1. The van der Waals surface area contributed by atoms with E-state index in [-0.39, 0.29) is 6.03 Å². The SMILES string of the molecule is CCCCNC(=O)NCCOCCn1c(CCCC)nc2c(N)nc3ccccc3c21. The lowest BCUT2D eigenvalue weighted by atomic mass is 10.2. The molecule has 0 unspecified atom stereocenters. The second-order valence-electron chi connectivity index (χ2n) is 7.64. The van der Waals surface area contributed by atoms with Gasteiger partial charge in [-0.1, -0.05) is 44.9 Å². The average Bonchev–Trinajstić information content (AvgIpc) is 3.14. The Morgan fingerprint density at radius 2 is 1.84 bits per heavy atom. The summed E-state index contributed by atoms with van der Waals surface area (Å²) in [5.41, 5.74) is 8.88. The van der Waals surface area contributed by atoms with Crippen molar-refractivity contribution in [3.05, 3.63) is 30.1 Å². The molecule has 2 aromatic heterocycles. The zero-order valence-electron chi connectivity index (χ0n) is 18.6. The van der Waals surface area contributed by atoms with Crippen molar-refractivity contribution in [3.63, 3.8) is 0 Å². The quantitative estimate of drug-likeness (QED) is 0.383. The number of carbonyl (C=O) groups is 1. The normalized spacial score (nSPS) is 11.3. The maximum absolute atomic E-state index is 11.7. The number of pyridine rings is 1. The van der Waals surface area contributed by atoms with E-state index in [1.54, 1.807) is 0 Å². The zero-order valence-corrected chi connectivity index (χ0v) is 18.6. The fourth-order valence-corrected chi connectivity index (χ4v) is 3.61. The number of imidazole rings is 1. The molecule has 2 amide bonds. The summed E-state index contributed by atoms with van der Waals surface area (Å²) in [6.07, 6.45) is 5.09. The van der Waals surface area contributed by atoms with Crippen LogP contribution in [0.5, 0.6) is 0 Å². The largest absolute Gasteiger partial charge is 0.382 e. The molecule has 8 nitrogen and oxygen atoms in total. The molecule has 0 saturated heterocycles. The molecule has 2 heterocycles. The molecular formula is C23H34N6O2. The summed E-state index contributed by atoms with van der Waals surface area (Å²) in [6.45, 7) is 7.11. The van der Waals surface area contributed by atoms with E-state index in [0.717, 1.165) is 59.9 Å². The van der Waals surface area contributed by atoms with Crippen LogP contribution in [0.4, 0.5) is 10.6 Å². The van der Waals surface area contributed by atoms with Gasteiger partial charge in [0, 0.05) is 31.4 Å². The van der Waals surface area contributed by atoms with E-state index in [1.165, 1.54) is 0 Å². The molecule has 8 heteroatoms. The monoisotopic (exact) mass is 426 g/mol. The third-order valence-corrected chi connectivity index (χ3v) is 5.25. The number of para-hydroxylation sites is 1. The van der Waals surface area contributed by atoms with Crippen LogP contribution in [0, 0.1) is 0 Å². The molecule has 31 heavy (non-hydrogen) atoms. The lowest BCUT2D eigenvalue weighted by Crippen LogP contribution is -2.37. The highest BCUT2D eigenvalue weighted by atomic mass is 16.5. The minimum absolute atomic E-state index is 0.144.